The Bertz CT molecular complexity index is 2500. The zero-order chi connectivity index (χ0) is 46.3. The number of benzene rings is 6. The summed E-state index contributed by atoms with van der Waals surface area (Å²) in [5, 5.41) is 33.8. The van der Waals surface area contributed by atoms with E-state index in [-0.39, 0.29) is 36.4 Å². The van der Waals surface area contributed by atoms with Gasteiger partial charge in [-0.1, -0.05) is 60.7 Å². The second-order valence-electron chi connectivity index (χ2n) is 14.8. The summed E-state index contributed by atoms with van der Waals surface area (Å²) in [6, 6.07) is 31.8. The summed E-state index contributed by atoms with van der Waals surface area (Å²) in [6.07, 6.45) is 5.90. The third-order valence-corrected chi connectivity index (χ3v) is 13.0. The number of carbonyl (C=O) groups excluding carboxylic acids is 2. The second-order valence-corrected chi connectivity index (χ2v) is 18.1. The molecule has 0 radical (unpaired) electrons. The number of anilines is 2. The van der Waals surface area contributed by atoms with Gasteiger partial charge in [0.1, 0.15) is 20.4 Å². The van der Waals surface area contributed by atoms with Crippen LogP contribution in [0.5, 0.6) is 23.0 Å². The molecule has 0 aromatic heterocycles. The summed E-state index contributed by atoms with van der Waals surface area (Å²) < 4.78 is 18.6. The number of amides is 2. The van der Waals surface area contributed by atoms with Crippen molar-refractivity contribution in [3.8, 4) is 23.0 Å². The molecule has 0 fully saturated rings. The highest BCUT2D eigenvalue weighted by Crippen LogP contribution is 2.42. The molecule has 0 unspecified atom stereocenters. The van der Waals surface area contributed by atoms with Crippen molar-refractivity contribution in [2.75, 3.05) is 63.4 Å². The van der Waals surface area contributed by atoms with Gasteiger partial charge < -0.3 is 34.2 Å². The standard InChI is InChI=1S/C48H48Br4N6O7/c1-63-47-39(49)25-35(45(61)43(47)51)27-53-55-41(59)29-57(37-17-15-31-11-3-5-13-33(31)23-37)19-7-9-21-65-22-10-8-20-58(38-18-16-32-12-4-6-14-34(32)24-38)30-42(60)56-54-28-36-26-40(50)48(64-2)44(52)46(36)62/h3-6,11-18,23-28,61-62H,7-10,19-22,29-30H2,1-2H3,(H,55,59)(H,56,60)/b53-27+,54-28+. The van der Waals surface area contributed by atoms with Crippen molar-refractivity contribution < 1.29 is 34.0 Å². The minimum absolute atomic E-state index is 0.0644. The number of unbranched alkanes of at least 4 members (excludes halogenated alkanes) is 2. The fraction of sp³-hybridized carbons (Fsp3) is 0.250. The molecule has 13 nitrogen and oxygen atoms in total. The number of hydrazone groups is 2. The number of fused-ring (bicyclic) bond motifs is 2. The number of nitrogens with one attached hydrogen (secondary N) is 2. The number of phenolic OH excluding ortho intramolecular Hbond substituents is 2. The Balaban J connectivity index is 0.995. The van der Waals surface area contributed by atoms with Gasteiger partial charge in [0.2, 0.25) is 0 Å². The number of aromatic hydroxyl groups is 2. The van der Waals surface area contributed by atoms with E-state index in [1.807, 2.05) is 58.3 Å². The van der Waals surface area contributed by atoms with E-state index in [0.29, 0.717) is 66.8 Å². The molecule has 6 aromatic rings. The predicted octanol–water partition coefficient (Wildman–Crippen LogP) is 10.7. The SMILES string of the molecule is COc1c(Br)cc(/C=N/NC(=O)CN(CCCCOCCCCN(CC(=O)N/N=C/c2cc(Br)c(OC)c(Br)c2O)c2ccc3ccccc3c2)c2ccc3ccccc3c2)c(O)c1Br. The number of hydrogen-bond acceptors (Lipinski definition) is 11. The Kier molecular flexibility index (Phi) is 18.5. The molecule has 4 N–H and O–H groups in total. The average molecular weight is 1140 g/mol. The molecule has 2 amide bonds. The van der Waals surface area contributed by atoms with Crippen molar-refractivity contribution >= 4 is 121 Å². The van der Waals surface area contributed by atoms with Crippen LogP contribution in [-0.2, 0) is 14.3 Å². The van der Waals surface area contributed by atoms with Crippen LogP contribution in [0.25, 0.3) is 21.5 Å². The Morgan fingerprint density at radius 1 is 0.585 bits per heavy atom. The van der Waals surface area contributed by atoms with Crippen LogP contribution in [0.4, 0.5) is 11.4 Å². The van der Waals surface area contributed by atoms with Gasteiger partial charge in [0.05, 0.1) is 48.7 Å². The van der Waals surface area contributed by atoms with Gasteiger partial charge in [0.25, 0.3) is 11.8 Å². The number of nitrogens with zero attached hydrogens (tertiary/aromatic N) is 4. The smallest absolute Gasteiger partial charge is 0.259 e. The molecule has 6 rings (SSSR count). The predicted molar refractivity (Wildman–Crippen MR) is 273 cm³/mol. The van der Waals surface area contributed by atoms with Crippen LogP contribution in [0.2, 0.25) is 0 Å². The highest BCUT2D eigenvalue weighted by molar-refractivity contribution is 9.11. The number of hydrogen-bond donors (Lipinski definition) is 4. The molecule has 0 aliphatic heterocycles. The zero-order valence-corrected chi connectivity index (χ0v) is 42.0. The summed E-state index contributed by atoms with van der Waals surface area (Å²) >= 11 is 13.5. The van der Waals surface area contributed by atoms with Crippen molar-refractivity contribution in [2.45, 2.75) is 25.7 Å². The molecule has 340 valence electrons. The van der Waals surface area contributed by atoms with Crippen LogP contribution in [-0.4, -0.2) is 88.1 Å². The van der Waals surface area contributed by atoms with E-state index in [0.717, 1.165) is 58.6 Å². The fourth-order valence-electron chi connectivity index (χ4n) is 7.02. The third-order valence-electron chi connectivity index (χ3n) is 10.4. The van der Waals surface area contributed by atoms with Gasteiger partial charge in [-0.25, -0.2) is 10.9 Å². The van der Waals surface area contributed by atoms with Gasteiger partial charge in [-0.3, -0.25) is 9.59 Å². The van der Waals surface area contributed by atoms with Crippen LogP contribution < -0.4 is 30.1 Å². The van der Waals surface area contributed by atoms with E-state index in [2.05, 4.69) is 121 Å². The van der Waals surface area contributed by atoms with Crippen molar-refractivity contribution in [1.29, 1.82) is 0 Å². The molecule has 0 aliphatic rings. The van der Waals surface area contributed by atoms with Gasteiger partial charge >= 0.3 is 0 Å². The molecule has 0 atom stereocenters. The summed E-state index contributed by atoms with van der Waals surface area (Å²) in [5.41, 5.74) is 7.80. The maximum Gasteiger partial charge on any atom is 0.259 e. The maximum absolute atomic E-state index is 13.2. The van der Waals surface area contributed by atoms with Crippen LogP contribution >= 0.6 is 63.7 Å². The van der Waals surface area contributed by atoms with E-state index in [1.54, 1.807) is 12.1 Å². The number of phenols is 2. The van der Waals surface area contributed by atoms with Crippen molar-refractivity contribution in [1.82, 2.24) is 10.9 Å². The van der Waals surface area contributed by atoms with Crippen molar-refractivity contribution in [3.05, 3.63) is 126 Å². The number of methoxy groups -OCH3 is 2. The molecule has 0 bridgehead atoms. The Morgan fingerprint density at radius 3 is 1.38 bits per heavy atom. The van der Waals surface area contributed by atoms with Crippen molar-refractivity contribution in [2.24, 2.45) is 10.2 Å². The molecule has 6 aromatic carbocycles. The number of carbonyl (C=O) groups is 2. The summed E-state index contributed by atoms with van der Waals surface area (Å²) in [6.45, 7) is 2.48. The maximum atomic E-state index is 13.2. The first-order valence-electron chi connectivity index (χ1n) is 20.7. The molecule has 0 saturated carbocycles. The molecular formula is C48H48Br4N6O7. The lowest BCUT2D eigenvalue weighted by Gasteiger charge is -2.24. The second kappa shape index (κ2) is 24.4. The first-order valence-corrected chi connectivity index (χ1v) is 23.8. The monoisotopic (exact) mass is 1140 g/mol. The minimum Gasteiger partial charge on any atom is -0.506 e. The largest absolute Gasteiger partial charge is 0.506 e. The Hall–Kier alpha value is -5.20. The summed E-state index contributed by atoms with van der Waals surface area (Å²) in [5.74, 6) is 0.140. The lowest BCUT2D eigenvalue weighted by molar-refractivity contribution is -0.120. The highest BCUT2D eigenvalue weighted by Gasteiger charge is 2.18. The molecule has 0 saturated heterocycles. The Labute approximate surface area is 411 Å². The van der Waals surface area contributed by atoms with Crippen LogP contribution in [0, 0.1) is 0 Å². The third kappa shape index (κ3) is 13.4. The first-order chi connectivity index (χ1) is 31.5. The summed E-state index contributed by atoms with van der Waals surface area (Å²) in [7, 11) is 3.00. The molecule has 65 heavy (non-hydrogen) atoms. The van der Waals surface area contributed by atoms with Gasteiger partial charge in [-0.05, 0) is 147 Å². The molecule has 0 aliphatic carbocycles. The van der Waals surface area contributed by atoms with Crippen molar-refractivity contribution in [3.63, 3.8) is 0 Å². The van der Waals surface area contributed by atoms with E-state index >= 15 is 0 Å². The highest BCUT2D eigenvalue weighted by atomic mass is 79.9. The van der Waals surface area contributed by atoms with E-state index in [1.165, 1.54) is 26.6 Å². The van der Waals surface area contributed by atoms with Gasteiger partial charge in [-0.15, -0.1) is 0 Å². The zero-order valence-electron chi connectivity index (χ0n) is 35.7. The van der Waals surface area contributed by atoms with Crippen LogP contribution in [0.1, 0.15) is 36.8 Å². The molecule has 0 spiro atoms. The van der Waals surface area contributed by atoms with E-state index < -0.39 is 0 Å². The number of halogens is 4. The molecule has 0 heterocycles. The van der Waals surface area contributed by atoms with E-state index in [4.69, 9.17) is 14.2 Å². The quantitative estimate of drug-likeness (QED) is 0.0295. The van der Waals surface area contributed by atoms with Crippen LogP contribution in [0.3, 0.4) is 0 Å². The minimum atomic E-state index is -0.310. The normalized spacial score (nSPS) is 11.4. The molecular weight excluding hydrogens is 1090 g/mol. The topological polar surface area (TPSA) is 158 Å². The molecule has 17 heteroatoms. The van der Waals surface area contributed by atoms with Gasteiger partial charge in [0.15, 0.2) is 11.5 Å². The van der Waals surface area contributed by atoms with E-state index in [9.17, 15) is 19.8 Å². The fourth-order valence-corrected chi connectivity index (χ4v) is 9.97. The number of rotatable bonds is 22. The van der Waals surface area contributed by atoms with Gasteiger partial charge in [0, 0.05) is 48.8 Å². The van der Waals surface area contributed by atoms with Gasteiger partial charge in [-0.2, -0.15) is 10.2 Å². The first kappa shape index (κ1) is 49.2. The average Bonchev–Trinajstić information content (AvgIpc) is 3.30. The lowest BCUT2D eigenvalue weighted by Crippen LogP contribution is -2.36. The Morgan fingerprint density at radius 2 is 0.985 bits per heavy atom. The lowest BCUT2D eigenvalue weighted by atomic mass is 10.1. The number of ether oxygens (including phenoxy) is 3. The summed E-state index contributed by atoms with van der Waals surface area (Å²) in [4.78, 5) is 30.5. The van der Waals surface area contributed by atoms with Crippen LogP contribution in [0.15, 0.2) is 125 Å².